The van der Waals surface area contributed by atoms with Gasteiger partial charge in [-0.25, -0.2) is 0 Å². The maximum atomic E-state index is 4.55. The van der Waals surface area contributed by atoms with Gasteiger partial charge in [0.15, 0.2) is 0 Å². The summed E-state index contributed by atoms with van der Waals surface area (Å²) in [6.45, 7) is 12.0. The summed E-state index contributed by atoms with van der Waals surface area (Å²) in [5.74, 6) is 0.807. The molecule has 2 nitrogen and oxygen atoms in total. The zero-order chi connectivity index (χ0) is 12.2. The molecular formula is C14H20N2. The Morgan fingerprint density at radius 2 is 1.94 bits per heavy atom. The number of hydrogen-bond acceptors (Lipinski definition) is 1. The van der Waals surface area contributed by atoms with Crippen molar-refractivity contribution in [2.45, 2.75) is 33.2 Å². The summed E-state index contributed by atoms with van der Waals surface area (Å²) in [5.41, 5.74) is 2.18. The molecular weight excluding hydrogens is 196 g/mol. The van der Waals surface area contributed by atoms with Gasteiger partial charge in [0.2, 0.25) is 0 Å². The molecule has 0 saturated carbocycles. The second kappa shape index (κ2) is 4.97. The molecule has 0 saturated heterocycles. The molecule has 1 aromatic rings. The van der Waals surface area contributed by atoms with E-state index in [-0.39, 0.29) is 5.54 Å². The van der Waals surface area contributed by atoms with Crippen molar-refractivity contribution < 1.29 is 0 Å². The van der Waals surface area contributed by atoms with Crippen LogP contribution in [0.2, 0.25) is 0 Å². The molecule has 0 bridgehead atoms. The molecule has 0 aliphatic carbocycles. The standard InChI is InChI=1S/C14H20N2/c1-6-13(16-14(3,4)5)15-12-10-8-7-9-11(12)2/h6-10H,1H2,2-5H3,(H,15,16). The number of nitrogens with one attached hydrogen (secondary N) is 1. The van der Waals surface area contributed by atoms with E-state index < -0.39 is 0 Å². The molecule has 1 N–H and O–H groups in total. The maximum absolute atomic E-state index is 4.55. The minimum Gasteiger partial charge on any atom is -0.340 e. The van der Waals surface area contributed by atoms with Gasteiger partial charge in [0.05, 0.1) is 5.54 Å². The highest BCUT2D eigenvalue weighted by Gasteiger charge is 2.08. The highest BCUT2D eigenvalue weighted by atomic mass is 15.0. The minimum atomic E-state index is -0.0980. The molecule has 0 aliphatic rings. The summed E-state index contributed by atoms with van der Waals surface area (Å²) in [6.07, 6.45) is 1.75. The van der Waals surface area contributed by atoms with Crippen molar-refractivity contribution in [3.63, 3.8) is 0 Å². The Morgan fingerprint density at radius 3 is 2.44 bits per heavy atom. The van der Waals surface area contributed by atoms with Gasteiger partial charge in [-0.15, -0.1) is 0 Å². The van der Waals surface area contributed by atoms with E-state index in [0.717, 1.165) is 11.5 Å². The lowest BCUT2D eigenvalue weighted by molar-refractivity contribution is 0.584. The van der Waals surface area contributed by atoms with Crippen LogP contribution >= 0.6 is 0 Å². The maximum Gasteiger partial charge on any atom is 0.125 e. The van der Waals surface area contributed by atoms with Crippen LogP contribution in [-0.4, -0.2) is 11.4 Å². The molecule has 86 valence electrons. The summed E-state index contributed by atoms with van der Waals surface area (Å²) in [6, 6.07) is 8.14. The lowest BCUT2D eigenvalue weighted by atomic mass is 10.1. The van der Waals surface area contributed by atoms with E-state index in [9.17, 15) is 0 Å². The molecule has 0 aromatic heterocycles. The first-order valence-corrected chi connectivity index (χ1v) is 5.47. The molecule has 1 aromatic carbocycles. The van der Waals surface area contributed by atoms with E-state index in [4.69, 9.17) is 0 Å². The van der Waals surface area contributed by atoms with Crippen molar-refractivity contribution >= 4 is 11.5 Å². The fourth-order valence-corrected chi connectivity index (χ4v) is 1.34. The van der Waals surface area contributed by atoms with Crippen molar-refractivity contribution in [1.29, 1.82) is 0 Å². The number of aliphatic imine (C=N–C) groups is 1. The number of nitrogens with zero attached hydrogens (tertiary/aromatic N) is 1. The van der Waals surface area contributed by atoms with Gasteiger partial charge in [-0.05, 0) is 45.4 Å². The van der Waals surface area contributed by atoms with Gasteiger partial charge in [0, 0.05) is 5.69 Å². The Hall–Kier alpha value is -1.57. The monoisotopic (exact) mass is 216 g/mol. The first-order valence-electron chi connectivity index (χ1n) is 5.47. The van der Waals surface area contributed by atoms with E-state index in [2.05, 4.69) is 50.6 Å². The quantitative estimate of drug-likeness (QED) is 0.590. The molecule has 0 radical (unpaired) electrons. The zero-order valence-electron chi connectivity index (χ0n) is 10.5. The molecule has 2 heteroatoms. The average molecular weight is 216 g/mol. The first kappa shape index (κ1) is 12.5. The van der Waals surface area contributed by atoms with Crippen LogP contribution in [0.5, 0.6) is 0 Å². The van der Waals surface area contributed by atoms with Crippen LogP contribution in [-0.2, 0) is 0 Å². The van der Waals surface area contributed by atoms with Crippen molar-refractivity contribution in [3.05, 3.63) is 42.5 Å². The van der Waals surface area contributed by atoms with Gasteiger partial charge in [0.25, 0.3) is 0 Å². The Bertz CT molecular complexity index is 397. The summed E-state index contributed by atoms with van der Waals surface area (Å²) < 4.78 is 0. The Morgan fingerprint density at radius 1 is 1.31 bits per heavy atom. The number of aryl methyl sites for hydroxylation is 1. The largest absolute Gasteiger partial charge is 0.340 e. The van der Waals surface area contributed by atoms with E-state index in [1.807, 2.05) is 18.2 Å². The molecule has 16 heavy (non-hydrogen) atoms. The topological polar surface area (TPSA) is 24.4 Å². The lowest BCUT2D eigenvalue weighted by Gasteiger charge is -2.16. The first-order chi connectivity index (χ1) is 7.42. The SMILES string of the molecule is C=CC(=NC(C)(C)C)Nc1ccccc1C. The zero-order valence-corrected chi connectivity index (χ0v) is 10.5. The van der Waals surface area contributed by atoms with Crippen LogP contribution in [0.25, 0.3) is 0 Å². The van der Waals surface area contributed by atoms with Gasteiger partial charge < -0.3 is 5.32 Å². The van der Waals surface area contributed by atoms with Gasteiger partial charge in [-0.3, -0.25) is 4.99 Å². The number of rotatable bonds is 2. The molecule has 0 unspecified atom stereocenters. The molecule has 0 atom stereocenters. The van der Waals surface area contributed by atoms with Crippen LogP contribution < -0.4 is 5.32 Å². The third-order valence-corrected chi connectivity index (χ3v) is 2.06. The van der Waals surface area contributed by atoms with E-state index in [1.165, 1.54) is 5.56 Å². The molecule has 1 rings (SSSR count). The van der Waals surface area contributed by atoms with Crippen molar-refractivity contribution in [2.75, 3.05) is 5.32 Å². The molecule has 0 spiro atoms. The van der Waals surface area contributed by atoms with Crippen molar-refractivity contribution in [2.24, 2.45) is 4.99 Å². The van der Waals surface area contributed by atoms with Crippen molar-refractivity contribution in [1.82, 2.24) is 0 Å². The fourth-order valence-electron chi connectivity index (χ4n) is 1.34. The minimum absolute atomic E-state index is 0.0980. The fraction of sp³-hybridized carbons (Fsp3) is 0.357. The second-order valence-electron chi connectivity index (χ2n) is 4.81. The molecule has 0 amide bonds. The summed E-state index contributed by atoms with van der Waals surface area (Å²) >= 11 is 0. The normalized spacial score (nSPS) is 12.4. The predicted molar refractivity (Wildman–Crippen MR) is 72.2 cm³/mol. The van der Waals surface area contributed by atoms with Crippen molar-refractivity contribution in [3.8, 4) is 0 Å². The van der Waals surface area contributed by atoms with Gasteiger partial charge >= 0.3 is 0 Å². The van der Waals surface area contributed by atoms with Gasteiger partial charge in [-0.1, -0.05) is 24.8 Å². The number of anilines is 1. The van der Waals surface area contributed by atoms with E-state index in [1.54, 1.807) is 6.08 Å². The summed E-state index contributed by atoms with van der Waals surface area (Å²) in [5, 5.41) is 3.29. The van der Waals surface area contributed by atoms with Crippen LogP contribution in [0.3, 0.4) is 0 Å². The highest BCUT2D eigenvalue weighted by Crippen LogP contribution is 2.14. The lowest BCUT2D eigenvalue weighted by Crippen LogP contribution is -2.18. The molecule has 0 fully saturated rings. The molecule has 0 heterocycles. The summed E-state index contributed by atoms with van der Waals surface area (Å²) in [4.78, 5) is 4.55. The number of amidine groups is 1. The van der Waals surface area contributed by atoms with Gasteiger partial charge in [0.1, 0.15) is 5.84 Å². The number of benzene rings is 1. The smallest absolute Gasteiger partial charge is 0.125 e. The third-order valence-electron chi connectivity index (χ3n) is 2.06. The van der Waals surface area contributed by atoms with E-state index in [0.29, 0.717) is 0 Å². The van der Waals surface area contributed by atoms with Crippen LogP contribution in [0, 0.1) is 6.92 Å². The average Bonchev–Trinajstić information content (AvgIpc) is 2.18. The number of hydrogen-bond donors (Lipinski definition) is 1. The second-order valence-corrected chi connectivity index (χ2v) is 4.81. The Balaban J connectivity index is 2.91. The van der Waals surface area contributed by atoms with Crippen LogP contribution in [0.4, 0.5) is 5.69 Å². The highest BCUT2D eigenvalue weighted by molar-refractivity contribution is 6.04. The predicted octanol–water partition coefficient (Wildman–Crippen LogP) is 3.79. The molecule has 0 aliphatic heterocycles. The Labute approximate surface area is 98.1 Å². The van der Waals surface area contributed by atoms with Crippen LogP contribution in [0.15, 0.2) is 41.9 Å². The van der Waals surface area contributed by atoms with E-state index >= 15 is 0 Å². The Kier molecular flexibility index (Phi) is 3.88. The van der Waals surface area contributed by atoms with Gasteiger partial charge in [-0.2, -0.15) is 0 Å². The summed E-state index contributed by atoms with van der Waals surface area (Å²) in [7, 11) is 0. The van der Waals surface area contributed by atoms with Crippen LogP contribution in [0.1, 0.15) is 26.3 Å². The number of para-hydroxylation sites is 1. The third kappa shape index (κ3) is 3.89.